The van der Waals surface area contributed by atoms with E-state index in [1.807, 2.05) is 35.0 Å². The van der Waals surface area contributed by atoms with E-state index in [2.05, 4.69) is 29.8 Å². The molecule has 22 heavy (non-hydrogen) atoms. The van der Waals surface area contributed by atoms with Gasteiger partial charge in [-0.3, -0.25) is 0 Å². The van der Waals surface area contributed by atoms with E-state index in [9.17, 15) is 4.39 Å². The van der Waals surface area contributed by atoms with E-state index in [4.69, 9.17) is 5.10 Å². The number of nitrogens with zero attached hydrogens (tertiary/aromatic N) is 2. The summed E-state index contributed by atoms with van der Waals surface area (Å²) in [6.07, 6.45) is 0. The van der Waals surface area contributed by atoms with E-state index >= 15 is 0 Å². The fraction of sp³-hybridized carbons (Fsp3) is 0.167. The van der Waals surface area contributed by atoms with Crippen LogP contribution in [0.1, 0.15) is 25.5 Å². The monoisotopic (exact) mass is 358 g/mol. The molecule has 0 aliphatic rings. The number of para-hydroxylation sites is 1. The lowest BCUT2D eigenvalue weighted by atomic mass is 10.1. The molecule has 2 aromatic carbocycles. The van der Waals surface area contributed by atoms with Crippen LogP contribution in [0, 0.1) is 5.82 Å². The van der Waals surface area contributed by atoms with Crippen molar-refractivity contribution in [3.8, 4) is 16.9 Å². The van der Waals surface area contributed by atoms with Crippen LogP contribution >= 0.6 is 15.9 Å². The van der Waals surface area contributed by atoms with Crippen molar-refractivity contribution in [2.75, 3.05) is 0 Å². The Hall–Kier alpha value is -1.94. The van der Waals surface area contributed by atoms with Crippen LogP contribution in [0.2, 0.25) is 0 Å². The van der Waals surface area contributed by atoms with Crippen LogP contribution < -0.4 is 0 Å². The first-order valence-electron chi connectivity index (χ1n) is 7.17. The summed E-state index contributed by atoms with van der Waals surface area (Å²) < 4.78 is 16.1. The molecule has 0 spiro atoms. The maximum atomic E-state index is 13.2. The summed E-state index contributed by atoms with van der Waals surface area (Å²) in [5, 5.41) is 4.75. The second kappa shape index (κ2) is 6.05. The van der Waals surface area contributed by atoms with Crippen molar-refractivity contribution in [3.63, 3.8) is 0 Å². The van der Waals surface area contributed by atoms with Gasteiger partial charge >= 0.3 is 0 Å². The number of rotatable bonds is 3. The minimum atomic E-state index is -0.241. The number of halogens is 2. The second-order valence-corrected chi connectivity index (χ2v) is 6.25. The normalized spacial score (nSPS) is 11.1. The Morgan fingerprint density at radius 2 is 1.64 bits per heavy atom. The molecule has 0 aliphatic carbocycles. The summed E-state index contributed by atoms with van der Waals surface area (Å²) in [5.41, 5.74) is 3.84. The molecule has 0 fully saturated rings. The van der Waals surface area contributed by atoms with Crippen LogP contribution in [-0.2, 0) is 0 Å². The number of aromatic nitrogens is 2. The van der Waals surface area contributed by atoms with Crippen LogP contribution in [0.15, 0.2) is 59.1 Å². The van der Waals surface area contributed by atoms with Crippen LogP contribution in [0.25, 0.3) is 16.9 Å². The molecular formula is C18H16BrFN2. The van der Waals surface area contributed by atoms with Crippen molar-refractivity contribution < 1.29 is 4.39 Å². The average Bonchev–Trinajstić information content (AvgIpc) is 2.87. The molecule has 1 aromatic heterocycles. The topological polar surface area (TPSA) is 17.8 Å². The Morgan fingerprint density at radius 3 is 2.23 bits per heavy atom. The van der Waals surface area contributed by atoms with E-state index < -0.39 is 0 Å². The molecule has 0 saturated carbocycles. The van der Waals surface area contributed by atoms with Gasteiger partial charge in [0.05, 0.1) is 21.5 Å². The first kappa shape index (κ1) is 15.0. The molecule has 0 unspecified atom stereocenters. The summed E-state index contributed by atoms with van der Waals surface area (Å²) in [4.78, 5) is 0. The molecule has 4 heteroatoms. The Labute approximate surface area is 137 Å². The van der Waals surface area contributed by atoms with E-state index in [1.165, 1.54) is 12.1 Å². The van der Waals surface area contributed by atoms with Gasteiger partial charge in [0.15, 0.2) is 0 Å². The summed E-state index contributed by atoms with van der Waals surface area (Å²) in [5.74, 6) is 0.0493. The molecule has 0 bridgehead atoms. The van der Waals surface area contributed by atoms with Gasteiger partial charge in [-0.2, -0.15) is 5.10 Å². The summed E-state index contributed by atoms with van der Waals surface area (Å²) in [7, 11) is 0. The lowest BCUT2D eigenvalue weighted by molar-refractivity contribution is 0.628. The van der Waals surface area contributed by atoms with Crippen LogP contribution in [0.4, 0.5) is 4.39 Å². The molecule has 0 aliphatic heterocycles. The Morgan fingerprint density at radius 1 is 1.00 bits per heavy atom. The highest BCUT2D eigenvalue weighted by Gasteiger charge is 2.20. The van der Waals surface area contributed by atoms with Gasteiger partial charge < -0.3 is 0 Å². The minimum absolute atomic E-state index is 0.241. The number of hydrogen-bond acceptors (Lipinski definition) is 1. The third-order valence-electron chi connectivity index (χ3n) is 3.52. The molecule has 3 rings (SSSR count). The zero-order chi connectivity index (χ0) is 15.7. The van der Waals surface area contributed by atoms with Gasteiger partial charge in [-0.25, -0.2) is 9.07 Å². The maximum absolute atomic E-state index is 13.2. The smallest absolute Gasteiger partial charge is 0.123 e. The van der Waals surface area contributed by atoms with Crippen molar-refractivity contribution in [1.29, 1.82) is 0 Å². The van der Waals surface area contributed by atoms with Gasteiger partial charge in [0, 0.05) is 5.56 Å². The lowest BCUT2D eigenvalue weighted by Gasteiger charge is -2.08. The van der Waals surface area contributed by atoms with E-state index in [0.717, 1.165) is 27.1 Å². The van der Waals surface area contributed by atoms with E-state index in [1.54, 1.807) is 12.1 Å². The fourth-order valence-electron chi connectivity index (χ4n) is 2.40. The standard InChI is InChI=1S/C18H16BrFN2/c1-12(2)17-16(19)18(13-8-10-14(20)11-9-13)22(21-17)15-6-4-3-5-7-15/h3-12H,1-2H3. The van der Waals surface area contributed by atoms with Crippen molar-refractivity contribution in [1.82, 2.24) is 9.78 Å². The van der Waals surface area contributed by atoms with Gasteiger partial charge in [0.25, 0.3) is 0 Å². The zero-order valence-corrected chi connectivity index (χ0v) is 14.0. The highest BCUT2D eigenvalue weighted by Crippen LogP contribution is 2.36. The quantitative estimate of drug-likeness (QED) is 0.598. The molecule has 1 heterocycles. The molecule has 3 aromatic rings. The Kier molecular flexibility index (Phi) is 4.12. The predicted molar refractivity (Wildman–Crippen MR) is 90.7 cm³/mol. The van der Waals surface area contributed by atoms with Gasteiger partial charge in [-0.05, 0) is 58.2 Å². The molecule has 0 amide bonds. The van der Waals surface area contributed by atoms with Crippen LogP contribution in [-0.4, -0.2) is 9.78 Å². The Bertz CT molecular complexity index is 777. The van der Waals surface area contributed by atoms with Gasteiger partial charge in [-0.15, -0.1) is 0 Å². The van der Waals surface area contributed by atoms with Crippen molar-refractivity contribution in [3.05, 3.63) is 70.6 Å². The Balaban J connectivity index is 2.25. The SMILES string of the molecule is CC(C)c1nn(-c2ccccc2)c(-c2ccc(F)cc2)c1Br. The molecule has 0 atom stereocenters. The molecule has 0 radical (unpaired) electrons. The second-order valence-electron chi connectivity index (χ2n) is 5.46. The van der Waals surface area contributed by atoms with Crippen LogP contribution in [0.5, 0.6) is 0 Å². The third-order valence-corrected chi connectivity index (χ3v) is 4.30. The molecule has 2 nitrogen and oxygen atoms in total. The summed E-state index contributed by atoms with van der Waals surface area (Å²) >= 11 is 3.68. The van der Waals surface area contributed by atoms with E-state index in [0.29, 0.717) is 5.92 Å². The largest absolute Gasteiger partial charge is 0.232 e. The number of benzene rings is 2. The van der Waals surface area contributed by atoms with E-state index in [-0.39, 0.29) is 5.82 Å². The first-order valence-corrected chi connectivity index (χ1v) is 7.97. The summed E-state index contributed by atoms with van der Waals surface area (Å²) in [6, 6.07) is 16.5. The maximum Gasteiger partial charge on any atom is 0.123 e. The molecule has 112 valence electrons. The van der Waals surface area contributed by atoms with Crippen molar-refractivity contribution >= 4 is 15.9 Å². The van der Waals surface area contributed by atoms with Crippen molar-refractivity contribution in [2.24, 2.45) is 0 Å². The van der Waals surface area contributed by atoms with Gasteiger partial charge in [-0.1, -0.05) is 32.0 Å². The van der Waals surface area contributed by atoms with Crippen molar-refractivity contribution in [2.45, 2.75) is 19.8 Å². The first-order chi connectivity index (χ1) is 10.6. The third kappa shape index (κ3) is 2.71. The van der Waals surface area contributed by atoms with Gasteiger partial charge in [0.2, 0.25) is 0 Å². The predicted octanol–water partition coefficient (Wildman–Crippen LogP) is 5.56. The zero-order valence-electron chi connectivity index (χ0n) is 12.4. The molecule has 0 N–H and O–H groups in total. The highest BCUT2D eigenvalue weighted by atomic mass is 79.9. The molecule has 0 saturated heterocycles. The average molecular weight is 359 g/mol. The number of hydrogen-bond donors (Lipinski definition) is 0. The summed E-state index contributed by atoms with van der Waals surface area (Å²) in [6.45, 7) is 4.22. The van der Waals surface area contributed by atoms with Crippen LogP contribution in [0.3, 0.4) is 0 Å². The minimum Gasteiger partial charge on any atom is -0.232 e. The van der Waals surface area contributed by atoms with Gasteiger partial charge in [0.1, 0.15) is 5.82 Å². The lowest BCUT2D eigenvalue weighted by Crippen LogP contribution is -2.00. The molecular weight excluding hydrogens is 343 g/mol. The fourth-order valence-corrected chi connectivity index (χ4v) is 3.33. The highest BCUT2D eigenvalue weighted by molar-refractivity contribution is 9.10.